The molecule has 2 N–H and O–H groups in total. The predicted octanol–water partition coefficient (Wildman–Crippen LogP) is 1.97. The van der Waals surface area contributed by atoms with Gasteiger partial charge in [-0.25, -0.2) is 13.1 Å². The summed E-state index contributed by atoms with van der Waals surface area (Å²) in [4.78, 5) is 0.397. The third kappa shape index (κ3) is 3.78. The largest absolute Gasteiger partial charge is 0.396 e. The van der Waals surface area contributed by atoms with E-state index in [9.17, 15) is 8.42 Å². The molecule has 1 aromatic rings. The number of benzene rings is 1. The zero-order valence-corrected chi connectivity index (χ0v) is 12.9. The van der Waals surface area contributed by atoms with Gasteiger partial charge < -0.3 is 5.11 Å². The van der Waals surface area contributed by atoms with E-state index >= 15 is 0 Å². The summed E-state index contributed by atoms with van der Waals surface area (Å²) in [7, 11) is -3.48. The molecule has 0 aliphatic rings. The summed E-state index contributed by atoms with van der Waals surface area (Å²) in [5.41, 5.74) is 3.58. The second kappa shape index (κ2) is 6.50. The fourth-order valence-corrected chi connectivity index (χ4v) is 3.78. The molecule has 1 aromatic carbocycles. The van der Waals surface area contributed by atoms with Crippen LogP contribution in [0.15, 0.2) is 11.0 Å². The Hall–Kier alpha value is -0.910. The Balaban J connectivity index is 3.08. The quantitative estimate of drug-likeness (QED) is 0.785. The second-order valence-corrected chi connectivity index (χ2v) is 6.62. The van der Waals surface area contributed by atoms with Gasteiger partial charge in [-0.15, -0.1) is 0 Å². The lowest BCUT2D eigenvalue weighted by Gasteiger charge is -2.16. The van der Waals surface area contributed by atoms with E-state index in [-0.39, 0.29) is 6.61 Å². The van der Waals surface area contributed by atoms with Gasteiger partial charge in [0.2, 0.25) is 10.0 Å². The molecule has 0 aromatic heterocycles. The Bertz CT molecular complexity index is 524. The summed E-state index contributed by atoms with van der Waals surface area (Å²) in [5, 5.41) is 8.70. The first kappa shape index (κ1) is 16.1. The van der Waals surface area contributed by atoms with E-state index < -0.39 is 10.0 Å². The van der Waals surface area contributed by atoms with Crippen LogP contribution in [0.4, 0.5) is 0 Å². The van der Waals surface area contributed by atoms with E-state index in [1.165, 1.54) is 0 Å². The average Bonchev–Trinajstić information content (AvgIpc) is 2.32. The van der Waals surface area contributed by atoms with Crippen LogP contribution in [-0.4, -0.2) is 26.7 Å². The Morgan fingerprint density at radius 1 is 1.05 bits per heavy atom. The van der Waals surface area contributed by atoms with Crippen molar-refractivity contribution in [2.75, 3.05) is 13.2 Å². The standard InChI is InChI=1S/C14H23NO3S/c1-10-9-11(2)13(4)14(12(10)3)19(17,18)15-7-5-6-8-16/h9,15-16H,5-8H2,1-4H3. The zero-order chi connectivity index (χ0) is 14.6. The molecule has 0 radical (unpaired) electrons. The molecule has 0 aliphatic heterocycles. The average molecular weight is 285 g/mol. The number of aryl methyl sites for hydroxylation is 2. The highest BCUT2D eigenvalue weighted by atomic mass is 32.2. The molecule has 4 nitrogen and oxygen atoms in total. The fourth-order valence-electron chi connectivity index (χ4n) is 2.10. The maximum absolute atomic E-state index is 12.4. The molecule has 5 heteroatoms. The van der Waals surface area contributed by atoms with E-state index in [0.717, 1.165) is 22.3 Å². The Morgan fingerprint density at radius 3 is 2.05 bits per heavy atom. The van der Waals surface area contributed by atoms with Gasteiger partial charge in [0.25, 0.3) is 0 Å². The van der Waals surface area contributed by atoms with Gasteiger partial charge in [0.05, 0.1) is 4.90 Å². The van der Waals surface area contributed by atoms with Crippen LogP contribution in [0.1, 0.15) is 35.1 Å². The molecule has 0 amide bonds. The van der Waals surface area contributed by atoms with Gasteiger partial charge in [0.15, 0.2) is 0 Å². The number of rotatable bonds is 6. The molecule has 0 heterocycles. The number of aliphatic hydroxyl groups excluding tert-OH is 1. The zero-order valence-electron chi connectivity index (χ0n) is 12.1. The SMILES string of the molecule is Cc1cc(C)c(C)c(S(=O)(=O)NCCCCO)c1C. The third-order valence-electron chi connectivity index (χ3n) is 3.44. The summed E-state index contributed by atoms with van der Waals surface area (Å²) in [6.45, 7) is 7.96. The van der Waals surface area contributed by atoms with Crippen molar-refractivity contribution in [1.29, 1.82) is 0 Å². The molecule has 108 valence electrons. The Kier molecular flexibility index (Phi) is 5.52. The minimum atomic E-state index is -3.48. The van der Waals surface area contributed by atoms with Crippen molar-refractivity contribution in [3.05, 3.63) is 28.3 Å². The van der Waals surface area contributed by atoms with E-state index in [4.69, 9.17) is 5.11 Å². The van der Waals surface area contributed by atoms with Crippen LogP contribution in [0.25, 0.3) is 0 Å². The maximum atomic E-state index is 12.4. The van der Waals surface area contributed by atoms with Gasteiger partial charge in [0, 0.05) is 13.2 Å². The smallest absolute Gasteiger partial charge is 0.241 e. The lowest BCUT2D eigenvalue weighted by Crippen LogP contribution is -2.27. The first-order valence-electron chi connectivity index (χ1n) is 6.49. The topological polar surface area (TPSA) is 66.4 Å². The molecule has 19 heavy (non-hydrogen) atoms. The summed E-state index contributed by atoms with van der Waals surface area (Å²) in [6, 6.07) is 2.01. The highest BCUT2D eigenvalue weighted by molar-refractivity contribution is 7.89. The highest BCUT2D eigenvalue weighted by Gasteiger charge is 2.21. The monoisotopic (exact) mass is 285 g/mol. The Morgan fingerprint density at radius 2 is 1.58 bits per heavy atom. The van der Waals surface area contributed by atoms with Crippen LogP contribution in [0.2, 0.25) is 0 Å². The van der Waals surface area contributed by atoms with Crippen molar-refractivity contribution in [2.24, 2.45) is 0 Å². The molecule has 0 spiro atoms. The molecule has 0 saturated carbocycles. The maximum Gasteiger partial charge on any atom is 0.241 e. The van der Waals surface area contributed by atoms with Crippen LogP contribution in [0.3, 0.4) is 0 Å². The number of hydrogen-bond acceptors (Lipinski definition) is 3. The number of unbranched alkanes of at least 4 members (excludes halogenated alkanes) is 1. The first-order valence-corrected chi connectivity index (χ1v) is 7.97. The fraction of sp³-hybridized carbons (Fsp3) is 0.571. The second-order valence-electron chi connectivity index (χ2n) is 4.92. The van der Waals surface area contributed by atoms with Gasteiger partial charge in [-0.1, -0.05) is 6.07 Å². The van der Waals surface area contributed by atoms with Crippen LogP contribution < -0.4 is 4.72 Å². The Labute approximate surface area is 115 Å². The molecule has 0 atom stereocenters. The highest BCUT2D eigenvalue weighted by Crippen LogP contribution is 2.25. The molecule has 0 bridgehead atoms. The number of aliphatic hydroxyl groups is 1. The molecule has 0 saturated heterocycles. The van der Waals surface area contributed by atoms with Gasteiger partial charge in [-0.05, 0) is 62.8 Å². The van der Waals surface area contributed by atoms with Gasteiger partial charge >= 0.3 is 0 Å². The van der Waals surface area contributed by atoms with Crippen molar-refractivity contribution in [3.63, 3.8) is 0 Å². The summed E-state index contributed by atoms with van der Waals surface area (Å²) < 4.78 is 27.3. The summed E-state index contributed by atoms with van der Waals surface area (Å²) in [5.74, 6) is 0. The van der Waals surface area contributed by atoms with Gasteiger partial charge in [-0.3, -0.25) is 0 Å². The molecular weight excluding hydrogens is 262 g/mol. The van der Waals surface area contributed by atoms with Gasteiger partial charge in [-0.2, -0.15) is 0 Å². The third-order valence-corrected chi connectivity index (χ3v) is 5.18. The van der Waals surface area contributed by atoms with E-state index in [1.807, 2.05) is 33.8 Å². The number of sulfonamides is 1. The molecule has 0 aliphatic carbocycles. The van der Waals surface area contributed by atoms with Crippen molar-refractivity contribution >= 4 is 10.0 Å². The lowest BCUT2D eigenvalue weighted by molar-refractivity contribution is 0.285. The first-order chi connectivity index (χ1) is 8.81. The van der Waals surface area contributed by atoms with E-state index in [1.54, 1.807) is 0 Å². The van der Waals surface area contributed by atoms with E-state index in [2.05, 4.69) is 4.72 Å². The molecule has 0 unspecified atom stereocenters. The minimum absolute atomic E-state index is 0.0866. The van der Waals surface area contributed by atoms with Crippen molar-refractivity contribution < 1.29 is 13.5 Å². The predicted molar refractivity (Wildman–Crippen MR) is 76.9 cm³/mol. The normalized spacial score (nSPS) is 11.8. The minimum Gasteiger partial charge on any atom is -0.396 e. The van der Waals surface area contributed by atoms with Crippen molar-refractivity contribution in [1.82, 2.24) is 4.72 Å². The van der Waals surface area contributed by atoms with Gasteiger partial charge in [0.1, 0.15) is 0 Å². The van der Waals surface area contributed by atoms with Crippen LogP contribution in [0.5, 0.6) is 0 Å². The lowest BCUT2D eigenvalue weighted by atomic mass is 10.0. The molecule has 0 fully saturated rings. The van der Waals surface area contributed by atoms with Crippen LogP contribution >= 0.6 is 0 Å². The van der Waals surface area contributed by atoms with Crippen molar-refractivity contribution in [2.45, 2.75) is 45.4 Å². The number of nitrogens with one attached hydrogen (secondary N) is 1. The summed E-state index contributed by atoms with van der Waals surface area (Å²) in [6.07, 6.45) is 1.24. The van der Waals surface area contributed by atoms with Crippen molar-refractivity contribution in [3.8, 4) is 0 Å². The van der Waals surface area contributed by atoms with E-state index in [0.29, 0.717) is 24.3 Å². The number of hydrogen-bond donors (Lipinski definition) is 2. The van der Waals surface area contributed by atoms with Crippen LogP contribution in [-0.2, 0) is 10.0 Å². The van der Waals surface area contributed by atoms with Crippen LogP contribution in [0, 0.1) is 27.7 Å². The molecule has 1 rings (SSSR count). The summed E-state index contributed by atoms with van der Waals surface area (Å²) >= 11 is 0. The molecular formula is C14H23NO3S.